The molecule has 0 aliphatic carbocycles. The van der Waals surface area contributed by atoms with Crippen molar-refractivity contribution >= 4 is 17.2 Å². The Hall–Kier alpha value is -2.94. The van der Waals surface area contributed by atoms with Crippen molar-refractivity contribution in [2.24, 2.45) is 0 Å². The molecular formula is C24H27N3O4S. The van der Waals surface area contributed by atoms with E-state index in [2.05, 4.69) is 27.3 Å². The van der Waals surface area contributed by atoms with Crippen molar-refractivity contribution in [1.29, 1.82) is 0 Å². The third-order valence-electron chi connectivity index (χ3n) is 5.43. The lowest BCUT2D eigenvalue weighted by molar-refractivity contribution is 0.0162. The monoisotopic (exact) mass is 453 g/mol. The minimum absolute atomic E-state index is 0.0643. The summed E-state index contributed by atoms with van der Waals surface area (Å²) in [6, 6.07) is 15.3. The number of aromatic nitrogens is 1. The van der Waals surface area contributed by atoms with Gasteiger partial charge in [-0.3, -0.25) is 9.69 Å². The third kappa shape index (κ3) is 5.85. The average molecular weight is 454 g/mol. The summed E-state index contributed by atoms with van der Waals surface area (Å²) in [6.07, 6.45) is 0. The molecule has 8 heteroatoms. The van der Waals surface area contributed by atoms with Gasteiger partial charge in [-0.05, 0) is 42.0 Å². The molecule has 0 unspecified atom stereocenters. The molecule has 1 saturated heterocycles. The summed E-state index contributed by atoms with van der Waals surface area (Å²) in [7, 11) is 1.66. The van der Waals surface area contributed by atoms with Gasteiger partial charge in [0.25, 0.3) is 5.91 Å². The fraction of sp³-hybridized carbons (Fsp3) is 0.333. The van der Waals surface area contributed by atoms with Crippen LogP contribution >= 0.6 is 11.3 Å². The van der Waals surface area contributed by atoms with E-state index in [0.29, 0.717) is 37.7 Å². The number of methoxy groups -OCH3 is 1. The van der Waals surface area contributed by atoms with E-state index in [1.54, 1.807) is 24.8 Å². The van der Waals surface area contributed by atoms with E-state index < -0.39 is 0 Å². The molecule has 0 saturated carbocycles. The molecule has 7 nitrogen and oxygen atoms in total. The molecule has 1 aromatic heterocycles. The van der Waals surface area contributed by atoms with E-state index in [4.69, 9.17) is 14.2 Å². The van der Waals surface area contributed by atoms with E-state index in [0.717, 1.165) is 30.1 Å². The number of hydrogen-bond acceptors (Lipinski definition) is 7. The molecule has 1 fully saturated rings. The number of ether oxygens (including phenoxy) is 3. The molecule has 32 heavy (non-hydrogen) atoms. The second-order valence-electron chi connectivity index (χ2n) is 7.44. The third-order valence-corrected chi connectivity index (χ3v) is 6.06. The first-order valence-electron chi connectivity index (χ1n) is 10.6. The number of amides is 1. The zero-order valence-electron chi connectivity index (χ0n) is 18.0. The SMILES string of the molecule is COc1ccc([C@H](CNC(=O)c2ccc(OCc3cscn3)cc2)N2CCOCC2)cc1. The summed E-state index contributed by atoms with van der Waals surface area (Å²) in [5.74, 6) is 1.41. The van der Waals surface area contributed by atoms with Crippen LogP contribution in [0.5, 0.6) is 11.5 Å². The summed E-state index contributed by atoms with van der Waals surface area (Å²) in [5, 5.41) is 5.05. The fourth-order valence-corrected chi connectivity index (χ4v) is 4.18. The van der Waals surface area contributed by atoms with Gasteiger partial charge in [-0.1, -0.05) is 12.1 Å². The van der Waals surface area contributed by atoms with Crippen LogP contribution in [-0.4, -0.2) is 55.7 Å². The van der Waals surface area contributed by atoms with Gasteiger partial charge in [-0.25, -0.2) is 4.98 Å². The van der Waals surface area contributed by atoms with Crippen LogP contribution in [0.3, 0.4) is 0 Å². The second-order valence-corrected chi connectivity index (χ2v) is 8.16. The number of thiazole rings is 1. The summed E-state index contributed by atoms with van der Waals surface area (Å²) in [4.78, 5) is 19.3. The molecule has 1 aliphatic rings. The maximum Gasteiger partial charge on any atom is 0.251 e. The van der Waals surface area contributed by atoms with Crippen molar-refractivity contribution < 1.29 is 19.0 Å². The number of rotatable bonds is 9. The number of nitrogens with one attached hydrogen (secondary N) is 1. The van der Waals surface area contributed by atoms with Gasteiger partial charge >= 0.3 is 0 Å². The summed E-state index contributed by atoms with van der Waals surface area (Å²) in [5.41, 5.74) is 4.41. The van der Waals surface area contributed by atoms with Gasteiger partial charge in [0.1, 0.15) is 18.1 Å². The van der Waals surface area contributed by atoms with E-state index >= 15 is 0 Å². The minimum Gasteiger partial charge on any atom is -0.497 e. The van der Waals surface area contributed by atoms with E-state index in [1.807, 2.05) is 29.6 Å². The Bertz CT molecular complexity index is 971. The first kappa shape index (κ1) is 22.3. The van der Waals surface area contributed by atoms with Gasteiger partial charge in [0.2, 0.25) is 0 Å². The predicted molar refractivity (Wildman–Crippen MR) is 123 cm³/mol. The lowest BCUT2D eigenvalue weighted by Crippen LogP contribution is -2.43. The predicted octanol–water partition coefficient (Wildman–Crippen LogP) is 3.53. The molecule has 2 aromatic carbocycles. The van der Waals surface area contributed by atoms with Gasteiger partial charge in [0.15, 0.2) is 0 Å². The molecule has 0 bridgehead atoms. The van der Waals surface area contributed by atoms with Crippen LogP contribution in [0, 0.1) is 0 Å². The van der Waals surface area contributed by atoms with Crippen LogP contribution in [0.25, 0.3) is 0 Å². The molecule has 0 radical (unpaired) electrons. The van der Waals surface area contributed by atoms with Crippen LogP contribution in [-0.2, 0) is 11.3 Å². The number of nitrogens with zero attached hydrogens (tertiary/aromatic N) is 2. The Labute approximate surface area is 191 Å². The smallest absolute Gasteiger partial charge is 0.251 e. The number of carbonyl (C=O) groups excluding carboxylic acids is 1. The van der Waals surface area contributed by atoms with Crippen molar-refractivity contribution in [1.82, 2.24) is 15.2 Å². The highest BCUT2D eigenvalue weighted by Gasteiger charge is 2.23. The number of morpholine rings is 1. The first-order chi connectivity index (χ1) is 15.7. The molecule has 1 N–H and O–H groups in total. The highest BCUT2D eigenvalue weighted by molar-refractivity contribution is 7.07. The summed E-state index contributed by atoms with van der Waals surface area (Å²) >= 11 is 1.54. The molecule has 4 rings (SSSR count). The molecule has 2 heterocycles. The first-order valence-corrected chi connectivity index (χ1v) is 11.5. The molecular weight excluding hydrogens is 426 g/mol. The van der Waals surface area contributed by atoms with Crippen LogP contribution in [0.4, 0.5) is 0 Å². The van der Waals surface area contributed by atoms with Crippen molar-refractivity contribution in [3.63, 3.8) is 0 Å². The zero-order chi connectivity index (χ0) is 22.2. The van der Waals surface area contributed by atoms with E-state index in [-0.39, 0.29) is 11.9 Å². The minimum atomic E-state index is -0.108. The standard InChI is InChI=1S/C24H27N3O4S/c1-29-21-6-2-18(3-7-21)23(27-10-12-30-13-11-27)14-25-24(28)19-4-8-22(9-5-19)31-15-20-16-32-17-26-20/h2-9,16-17,23H,10-15H2,1H3,(H,25,28)/t23-/m0/s1. The Morgan fingerprint density at radius 1 is 1.12 bits per heavy atom. The Morgan fingerprint density at radius 2 is 1.84 bits per heavy atom. The van der Waals surface area contributed by atoms with E-state index in [9.17, 15) is 4.79 Å². The van der Waals surface area contributed by atoms with Gasteiger partial charge < -0.3 is 19.5 Å². The number of carbonyl (C=O) groups is 1. The molecule has 3 aromatic rings. The second kappa shape index (κ2) is 11.1. The van der Waals surface area contributed by atoms with Crippen molar-refractivity contribution in [2.45, 2.75) is 12.6 Å². The molecule has 1 atom stereocenters. The van der Waals surface area contributed by atoms with Gasteiger partial charge in [0, 0.05) is 30.6 Å². The maximum absolute atomic E-state index is 12.8. The van der Waals surface area contributed by atoms with Crippen LogP contribution in [0.2, 0.25) is 0 Å². The number of benzene rings is 2. The normalized spacial score (nSPS) is 15.2. The van der Waals surface area contributed by atoms with Crippen LogP contribution < -0.4 is 14.8 Å². The van der Waals surface area contributed by atoms with Gasteiger partial charge in [-0.15, -0.1) is 11.3 Å². The van der Waals surface area contributed by atoms with Crippen molar-refractivity contribution in [3.8, 4) is 11.5 Å². The maximum atomic E-state index is 12.8. The molecule has 1 amide bonds. The lowest BCUT2D eigenvalue weighted by Gasteiger charge is -2.35. The van der Waals surface area contributed by atoms with Crippen molar-refractivity contribution in [2.75, 3.05) is 40.0 Å². The summed E-state index contributed by atoms with van der Waals surface area (Å²) < 4.78 is 16.5. The average Bonchev–Trinajstić information content (AvgIpc) is 3.38. The van der Waals surface area contributed by atoms with Crippen molar-refractivity contribution in [3.05, 3.63) is 76.2 Å². The van der Waals surface area contributed by atoms with E-state index in [1.165, 1.54) is 11.3 Å². The zero-order valence-corrected chi connectivity index (χ0v) is 18.8. The molecule has 168 valence electrons. The number of hydrogen-bond donors (Lipinski definition) is 1. The largest absolute Gasteiger partial charge is 0.497 e. The highest BCUT2D eigenvalue weighted by Crippen LogP contribution is 2.24. The van der Waals surface area contributed by atoms with Crippen LogP contribution in [0.15, 0.2) is 59.4 Å². The quantitative estimate of drug-likeness (QED) is 0.534. The Morgan fingerprint density at radius 3 is 2.50 bits per heavy atom. The van der Waals surface area contributed by atoms with Crippen LogP contribution in [0.1, 0.15) is 27.7 Å². The fourth-order valence-electron chi connectivity index (χ4n) is 3.63. The Kier molecular flexibility index (Phi) is 7.71. The molecule has 0 spiro atoms. The van der Waals surface area contributed by atoms with Gasteiger partial charge in [0.05, 0.1) is 37.6 Å². The lowest BCUT2D eigenvalue weighted by atomic mass is 10.0. The Balaban J connectivity index is 1.37. The molecule has 1 aliphatic heterocycles. The topological polar surface area (TPSA) is 72.9 Å². The highest BCUT2D eigenvalue weighted by atomic mass is 32.1. The summed E-state index contributed by atoms with van der Waals surface area (Å²) in [6.45, 7) is 3.98. The van der Waals surface area contributed by atoms with Gasteiger partial charge in [-0.2, -0.15) is 0 Å².